The largest absolute Gasteiger partial charge is 0.361 e. The molecule has 4 rings (SSSR count). The van der Waals surface area contributed by atoms with Crippen molar-refractivity contribution in [2.75, 3.05) is 27.5 Å². The molecule has 1 spiro atoms. The predicted octanol–water partition coefficient (Wildman–Crippen LogP) is 2.81. The molecule has 3 amide bonds. The molecule has 1 saturated heterocycles. The Hall–Kier alpha value is -3.26. The van der Waals surface area contributed by atoms with Crippen molar-refractivity contribution < 1.29 is 14.4 Å². The Kier molecular flexibility index (Phi) is 5.26. The number of amides is 3. The van der Waals surface area contributed by atoms with Gasteiger partial charge in [0.1, 0.15) is 5.66 Å². The Labute approximate surface area is 172 Å². The smallest absolute Gasteiger partial charge is 0.255 e. The average molecular weight is 408 g/mol. The Balaban J connectivity index is 1.38. The summed E-state index contributed by atoms with van der Waals surface area (Å²) in [7, 11) is 0. The average Bonchev–Trinajstić information content (AvgIpc) is 3.15. The van der Waals surface area contributed by atoms with E-state index in [2.05, 4.69) is 21.3 Å². The third kappa shape index (κ3) is 4.43. The first kappa shape index (κ1) is 19.1. The highest BCUT2D eigenvalue weighted by Crippen LogP contribution is 2.35. The van der Waals surface area contributed by atoms with Crippen LogP contribution in [0.1, 0.15) is 16.8 Å². The summed E-state index contributed by atoms with van der Waals surface area (Å²) in [5.74, 6) is 0.809. The van der Waals surface area contributed by atoms with E-state index >= 15 is 0 Å². The summed E-state index contributed by atoms with van der Waals surface area (Å²) in [5.41, 5.74) is 1.99. The maximum atomic E-state index is 12.5. The lowest BCUT2D eigenvalue weighted by Gasteiger charge is -2.37. The number of benzene rings is 2. The summed E-state index contributed by atoms with van der Waals surface area (Å²) < 4.78 is 0. The molecular formula is C21H20N4O3S. The number of anilines is 3. The van der Waals surface area contributed by atoms with Gasteiger partial charge in [-0.05, 0) is 42.5 Å². The number of nitrogens with one attached hydrogen (secondary N) is 4. The van der Waals surface area contributed by atoms with Gasteiger partial charge in [-0.15, -0.1) is 0 Å². The molecule has 2 aliphatic heterocycles. The first-order valence-corrected chi connectivity index (χ1v) is 10.4. The third-order valence-electron chi connectivity index (χ3n) is 4.71. The number of thioether (sulfide) groups is 1. The van der Waals surface area contributed by atoms with E-state index in [9.17, 15) is 14.4 Å². The van der Waals surface area contributed by atoms with Gasteiger partial charge < -0.3 is 21.3 Å². The normalized spacial score (nSPS) is 20.1. The fourth-order valence-corrected chi connectivity index (χ4v) is 4.57. The van der Waals surface area contributed by atoms with Gasteiger partial charge in [-0.25, -0.2) is 0 Å². The lowest BCUT2D eigenvalue weighted by Crippen LogP contribution is -2.57. The highest BCUT2D eigenvalue weighted by atomic mass is 32.2. The number of rotatable bonds is 4. The Morgan fingerprint density at radius 2 is 1.69 bits per heavy atom. The highest BCUT2D eigenvalue weighted by Gasteiger charge is 2.40. The molecule has 4 N–H and O–H groups in total. The first-order chi connectivity index (χ1) is 14.0. The molecule has 29 heavy (non-hydrogen) atoms. The molecule has 2 aliphatic rings. The fourth-order valence-electron chi connectivity index (χ4n) is 3.30. The Bertz CT molecular complexity index is 985. The summed E-state index contributed by atoms with van der Waals surface area (Å²) in [5, 5.41) is 11.8. The van der Waals surface area contributed by atoms with Crippen molar-refractivity contribution in [3.8, 4) is 0 Å². The third-order valence-corrected chi connectivity index (χ3v) is 5.90. The number of hydrogen-bond donors (Lipinski definition) is 4. The van der Waals surface area contributed by atoms with Crippen molar-refractivity contribution >= 4 is 46.5 Å². The minimum absolute atomic E-state index is 0.157. The predicted molar refractivity (Wildman–Crippen MR) is 115 cm³/mol. The zero-order chi connectivity index (χ0) is 20.3. The number of hydrogen-bond acceptors (Lipinski definition) is 5. The van der Waals surface area contributed by atoms with Gasteiger partial charge in [0, 0.05) is 35.0 Å². The molecule has 2 aromatic carbocycles. The molecule has 148 valence electrons. The highest BCUT2D eigenvalue weighted by molar-refractivity contribution is 7.99. The van der Waals surface area contributed by atoms with Crippen molar-refractivity contribution in [2.45, 2.75) is 12.1 Å². The van der Waals surface area contributed by atoms with Gasteiger partial charge in [0.2, 0.25) is 11.8 Å². The zero-order valence-corrected chi connectivity index (χ0v) is 16.3. The minimum Gasteiger partial charge on any atom is -0.361 e. The molecule has 2 aromatic rings. The van der Waals surface area contributed by atoms with Gasteiger partial charge >= 0.3 is 0 Å². The number of para-hydroxylation sites is 1. The second-order valence-electron chi connectivity index (χ2n) is 6.90. The summed E-state index contributed by atoms with van der Waals surface area (Å²) in [6, 6.07) is 14.1. The van der Waals surface area contributed by atoms with Crippen molar-refractivity contribution in [1.29, 1.82) is 0 Å². The van der Waals surface area contributed by atoms with E-state index in [1.165, 1.54) is 0 Å². The van der Waals surface area contributed by atoms with Crippen LogP contribution >= 0.6 is 11.8 Å². The summed E-state index contributed by atoms with van der Waals surface area (Å²) >= 11 is 1.80. The van der Waals surface area contributed by atoms with Crippen LogP contribution in [0.3, 0.4) is 0 Å². The van der Waals surface area contributed by atoms with E-state index in [0.29, 0.717) is 16.9 Å². The number of carbonyl (C=O) groups excluding carboxylic acids is 3. The minimum atomic E-state index is -0.457. The lowest BCUT2D eigenvalue weighted by molar-refractivity contribution is -0.114. The molecule has 0 saturated carbocycles. The van der Waals surface area contributed by atoms with E-state index in [0.717, 1.165) is 35.8 Å². The van der Waals surface area contributed by atoms with Gasteiger partial charge in [0.25, 0.3) is 5.91 Å². The van der Waals surface area contributed by atoms with Crippen molar-refractivity contribution in [2.24, 2.45) is 0 Å². The van der Waals surface area contributed by atoms with Crippen LogP contribution < -0.4 is 21.3 Å². The van der Waals surface area contributed by atoms with Crippen LogP contribution in [0.4, 0.5) is 17.1 Å². The van der Waals surface area contributed by atoms with Crippen LogP contribution in [-0.2, 0) is 9.59 Å². The van der Waals surface area contributed by atoms with Crippen LogP contribution in [0.2, 0.25) is 0 Å². The molecule has 8 heteroatoms. The molecule has 0 radical (unpaired) electrons. The molecule has 0 aromatic heterocycles. The Morgan fingerprint density at radius 1 is 0.966 bits per heavy atom. The summed E-state index contributed by atoms with van der Waals surface area (Å²) in [6.07, 6.45) is 3.19. The van der Waals surface area contributed by atoms with E-state index in [1.807, 2.05) is 6.07 Å². The van der Waals surface area contributed by atoms with Crippen LogP contribution in [0.15, 0.2) is 60.7 Å². The Morgan fingerprint density at radius 3 is 2.38 bits per heavy atom. The van der Waals surface area contributed by atoms with Gasteiger partial charge in [-0.2, -0.15) is 11.8 Å². The van der Waals surface area contributed by atoms with E-state index in [-0.39, 0.29) is 11.6 Å². The number of carbonyl (C=O) groups is 3. The fraction of sp³-hybridized carbons (Fsp3) is 0.190. The van der Waals surface area contributed by atoms with Gasteiger partial charge in [0.05, 0.1) is 5.56 Å². The topological polar surface area (TPSA) is 99.3 Å². The molecule has 1 unspecified atom stereocenters. The first-order valence-electron chi connectivity index (χ1n) is 9.21. The van der Waals surface area contributed by atoms with E-state index < -0.39 is 11.8 Å². The second kappa shape index (κ2) is 8.00. The van der Waals surface area contributed by atoms with Crippen LogP contribution in [-0.4, -0.2) is 34.9 Å². The molecule has 1 fully saturated rings. The van der Waals surface area contributed by atoms with Crippen molar-refractivity contribution in [3.63, 3.8) is 0 Å². The molecular weight excluding hydrogens is 388 g/mol. The van der Waals surface area contributed by atoms with E-state index in [1.54, 1.807) is 54.2 Å². The molecule has 2 heterocycles. The van der Waals surface area contributed by atoms with Crippen molar-refractivity contribution in [3.05, 3.63) is 66.2 Å². The van der Waals surface area contributed by atoms with Gasteiger partial charge in [-0.3, -0.25) is 14.4 Å². The lowest BCUT2D eigenvalue weighted by atomic mass is 10.0. The van der Waals surface area contributed by atoms with Crippen molar-refractivity contribution in [1.82, 2.24) is 5.32 Å². The maximum Gasteiger partial charge on any atom is 0.255 e. The van der Waals surface area contributed by atoms with Gasteiger partial charge in [-0.1, -0.05) is 18.2 Å². The quantitative estimate of drug-likeness (QED) is 0.583. The SMILES string of the molecule is O=C(/C=C/C(=O)Nc1ccc2c(c1)C(=O)NC1(CCSC1)N2)Nc1ccccc1. The monoisotopic (exact) mass is 408 g/mol. The van der Waals surface area contributed by atoms with Gasteiger partial charge in [0.15, 0.2) is 0 Å². The zero-order valence-electron chi connectivity index (χ0n) is 15.5. The molecule has 0 bridgehead atoms. The number of fused-ring (bicyclic) bond motifs is 1. The van der Waals surface area contributed by atoms with E-state index in [4.69, 9.17) is 0 Å². The molecule has 0 aliphatic carbocycles. The second-order valence-corrected chi connectivity index (χ2v) is 8.01. The summed E-state index contributed by atoms with van der Waals surface area (Å²) in [4.78, 5) is 36.5. The van der Waals surface area contributed by atoms with Crippen LogP contribution in [0.25, 0.3) is 0 Å². The summed E-state index contributed by atoms with van der Waals surface area (Å²) in [6.45, 7) is 0. The van der Waals surface area contributed by atoms with Crippen LogP contribution in [0, 0.1) is 0 Å². The standard InChI is InChI=1S/C21H20N4O3S/c26-18(22-14-4-2-1-3-5-14)8-9-19(27)23-15-6-7-17-16(12-15)20(28)25-21(24-17)10-11-29-13-21/h1-9,12,24H,10-11,13H2,(H,22,26)(H,23,27)(H,25,28)/b9-8+. The van der Waals surface area contributed by atoms with Crippen LogP contribution in [0.5, 0.6) is 0 Å². The molecule has 1 atom stereocenters. The molecule has 7 nitrogen and oxygen atoms in total. The maximum absolute atomic E-state index is 12.5.